The highest BCUT2D eigenvalue weighted by atomic mass is 16.3. The summed E-state index contributed by atoms with van der Waals surface area (Å²) in [6, 6.07) is 0. The van der Waals surface area contributed by atoms with Crippen LogP contribution < -0.4 is 0 Å². The van der Waals surface area contributed by atoms with Crippen LogP contribution in [0.25, 0.3) is 0 Å². The summed E-state index contributed by atoms with van der Waals surface area (Å²) in [7, 11) is 0. The van der Waals surface area contributed by atoms with Crippen LogP contribution in [0.3, 0.4) is 0 Å². The molecule has 0 aliphatic carbocycles. The van der Waals surface area contributed by atoms with E-state index in [9.17, 15) is 5.11 Å². The summed E-state index contributed by atoms with van der Waals surface area (Å²) >= 11 is 0. The van der Waals surface area contributed by atoms with Gasteiger partial charge in [-0.05, 0) is 37.0 Å². The zero-order valence-electron chi connectivity index (χ0n) is 10.1. The van der Waals surface area contributed by atoms with Crippen LogP contribution in [-0.2, 0) is 0 Å². The molecule has 80 valence electrons. The monoisotopic (exact) mass is 186 g/mol. The lowest BCUT2D eigenvalue weighted by atomic mass is 9.77. The predicted molar refractivity (Wildman–Crippen MR) is 58.8 cm³/mol. The number of rotatable bonds is 4. The van der Waals surface area contributed by atoms with E-state index in [1.807, 2.05) is 6.92 Å². The van der Waals surface area contributed by atoms with Crippen molar-refractivity contribution in [3.05, 3.63) is 0 Å². The van der Waals surface area contributed by atoms with Crippen molar-refractivity contribution in [3.8, 4) is 0 Å². The topological polar surface area (TPSA) is 20.2 Å². The molecule has 0 heterocycles. The van der Waals surface area contributed by atoms with E-state index in [4.69, 9.17) is 0 Å². The first-order valence-electron chi connectivity index (χ1n) is 5.30. The number of aliphatic hydroxyl groups excluding tert-OH is 1. The third-order valence-corrected chi connectivity index (χ3v) is 2.40. The Labute approximate surface area is 83.5 Å². The van der Waals surface area contributed by atoms with Crippen molar-refractivity contribution in [2.24, 2.45) is 10.8 Å². The SMILES string of the molecule is CC(O)CC(C)(C)CCC(C)(C)C. The molecular formula is C12H26O. The quantitative estimate of drug-likeness (QED) is 0.711. The fourth-order valence-corrected chi connectivity index (χ4v) is 1.62. The maximum atomic E-state index is 9.32. The Morgan fingerprint density at radius 3 is 1.77 bits per heavy atom. The minimum atomic E-state index is -0.171. The molecule has 0 spiro atoms. The molecule has 0 aromatic rings. The standard InChI is InChI=1S/C12H26O/c1-10(13)9-12(5,6)8-7-11(2,3)4/h10,13H,7-9H2,1-6H3. The smallest absolute Gasteiger partial charge is 0.0517 e. The average molecular weight is 186 g/mol. The lowest BCUT2D eigenvalue weighted by Crippen LogP contribution is -2.20. The van der Waals surface area contributed by atoms with Gasteiger partial charge in [0.2, 0.25) is 0 Å². The molecule has 0 fully saturated rings. The lowest BCUT2D eigenvalue weighted by Gasteiger charge is -2.29. The summed E-state index contributed by atoms with van der Waals surface area (Å²) in [4.78, 5) is 0. The van der Waals surface area contributed by atoms with Crippen molar-refractivity contribution in [1.82, 2.24) is 0 Å². The van der Waals surface area contributed by atoms with Gasteiger partial charge < -0.3 is 5.11 Å². The Morgan fingerprint density at radius 1 is 1.00 bits per heavy atom. The van der Waals surface area contributed by atoms with E-state index in [-0.39, 0.29) is 11.5 Å². The van der Waals surface area contributed by atoms with Gasteiger partial charge in [0.25, 0.3) is 0 Å². The van der Waals surface area contributed by atoms with E-state index < -0.39 is 0 Å². The second-order valence-electron chi connectivity index (χ2n) is 6.28. The molecule has 1 N–H and O–H groups in total. The number of hydrogen-bond acceptors (Lipinski definition) is 1. The van der Waals surface area contributed by atoms with Gasteiger partial charge >= 0.3 is 0 Å². The van der Waals surface area contributed by atoms with E-state index in [1.165, 1.54) is 12.8 Å². The number of hydrogen-bond donors (Lipinski definition) is 1. The number of aliphatic hydroxyl groups is 1. The third-order valence-electron chi connectivity index (χ3n) is 2.40. The van der Waals surface area contributed by atoms with E-state index in [2.05, 4.69) is 34.6 Å². The lowest BCUT2D eigenvalue weighted by molar-refractivity contribution is 0.116. The minimum Gasteiger partial charge on any atom is -0.393 e. The predicted octanol–water partition coefficient (Wildman–Crippen LogP) is 3.61. The van der Waals surface area contributed by atoms with E-state index in [0.717, 1.165) is 6.42 Å². The highest BCUT2D eigenvalue weighted by Crippen LogP contribution is 2.33. The Morgan fingerprint density at radius 2 is 1.46 bits per heavy atom. The molecule has 0 aromatic heterocycles. The Hall–Kier alpha value is -0.0400. The van der Waals surface area contributed by atoms with Crippen molar-refractivity contribution in [1.29, 1.82) is 0 Å². The van der Waals surface area contributed by atoms with Gasteiger partial charge in [0.05, 0.1) is 6.10 Å². The van der Waals surface area contributed by atoms with E-state index in [0.29, 0.717) is 5.41 Å². The van der Waals surface area contributed by atoms with Crippen LogP contribution in [0.4, 0.5) is 0 Å². The molecule has 1 unspecified atom stereocenters. The fourth-order valence-electron chi connectivity index (χ4n) is 1.62. The normalized spacial score (nSPS) is 15.9. The van der Waals surface area contributed by atoms with Crippen LogP contribution in [0, 0.1) is 10.8 Å². The largest absolute Gasteiger partial charge is 0.393 e. The highest BCUT2D eigenvalue weighted by Gasteiger charge is 2.22. The Bertz CT molecular complexity index is 140. The van der Waals surface area contributed by atoms with Gasteiger partial charge in [-0.2, -0.15) is 0 Å². The van der Waals surface area contributed by atoms with E-state index in [1.54, 1.807) is 0 Å². The van der Waals surface area contributed by atoms with Gasteiger partial charge in [0.1, 0.15) is 0 Å². The maximum Gasteiger partial charge on any atom is 0.0517 e. The van der Waals surface area contributed by atoms with Gasteiger partial charge in [-0.15, -0.1) is 0 Å². The van der Waals surface area contributed by atoms with Gasteiger partial charge in [0.15, 0.2) is 0 Å². The first-order valence-corrected chi connectivity index (χ1v) is 5.30. The van der Waals surface area contributed by atoms with Crippen molar-refractivity contribution in [2.45, 2.75) is 66.9 Å². The Kier molecular flexibility index (Phi) is 4.44. The molecule has 0 rings (SSSR count). The van der Waals surface area contributed by atoms with Crippen LogP contribution in [0.5, 0.6) is 0 Å². The van der Waals surface area contributed by atoms with Crippen LogP contribution in [-0.4, -0.2) is 11.2 Å². The fraction of sp³-hybridized carbons (Fsp3) is 1.00. The zero-order chi connectivity index (χ0) is 10.7. The second-order valence-corrected chi connectivity index (χ2v) is 6.28. The van der Waals surface area contributed by atoms with Crippen LogP contribution in [0.1, 0.15) is 60.8 Å². The molecule has 1 atom stereocenters. The molecule has 0 radical (unpaired) electrons. The molecule has 0 saturated carbocycles. The molecule has 1 nitrogen and oxygen atoms in total. The molecule has 1 heteroatoms. The molecule has 0 bridgehead atoms. The second kappa shape index (κ2) is 4.45. The van der Waals surface area contributed by atoms with Gasteiger partial charge in [-0.1, -0.05) is 34.6 Å². The van der Waals surface area contributed by atoms with Gasteiger partial charge in [-0.25, -0.2) is 0 Å². The minimum absolute atomic E-state index is 0.171. The van der Waals surface area contributed by atoms with Crippen molar-refractivity contribution < 1.29 is 5.11 Å². The summed E-state index contributed by atoms with van der Waals surface area (Å²) in [6.45, 7) is 13.2. The zero-order valence-corrected chi connectivity index (χ0v) is 10.1. The van der Waals surface area contributed by atoms with Gasteiger partial charge in [-0.3, -0.25) is 0 Å². The molecule has 0 aromatic carbocycles. The molecule has 13 heavy (non-hydrogen) atoms. The van der Waals surface area contributed by atoms with Crippen molar-refractivity contribution >= 4 is 0 Å². The van der Waals surface area contributed by atoms with Crippen LogP contribution in [0.2, 0.25) is 0 Å². The third kappa shape index (κ3) is 8.29. The first-order chi connectivity index (χ1) is 5.62. The average Bonchev–Trinajstić information content (AvgIpc) is 1.79. The molecule has 0 saturated heterocycles. The molecule has 0 aliphatic heterocycles. The summed E-state index contributed by atoms with van der Waals surface area (Å²) in [5.41, 5.74) is 0.692. The van der Waals surface area contributed by atoms with Crippen LogP contribution in [0.15, 0.2) is 0 Å². The summed E-state index contributed by atoms with van der Waals surface area (Å²) in [5.74, 6) is 0. The molecule has 0 amide bonds. The van der Waals surface area contributed by atoms with Gasteiger partial charge in [0, 0.05) is 0 Å². The highest BCUT2D eigenvalue weighted by molar-refractivity contribution is 4.74. The van der Waals surface area contributed by atoms with Crippen molar-refractivity contribution in [2.75, 3.05) is 0 Å². The maximum absolute atomic E-state index is 9.32. The summed E-state index contributed by atoms with van der Waals surface area (Å²) in [6.07, 6.45) is 3.16. The molecule has 0 aliphatic rings. The summed E-state index contributed by atoms with van der Waals surface area (Å²) in [5, 5.41) is 9.32. The van der Waals surface area contributed by atoms with E-state index >= 15 is 0 Å². The van der Waals surface area contributed by atoms with Crippen molar-refractivity contribution in [3.63, 3.8) is 0 Å². The van der Waals surface area contributed by atoms with Crippen LogP contribution >= 0.6 is 0 Å². The Balaban J connectivity index is 3.89. The first kappa shape index (κ1) is 13.0. The summed E-state index contributed by atoms with van der Waals surface area (Å²) < 4.78 is 0. The molecular weight excluding hydrogens is 160 g/mol.